The first-order valence-electron chi connectivity index (χ1n) is 4.60. The van der Waals surface area contributed by atoms with E-state index in [9.17, 15) is 4.79 Å². The van der Waals surface area contributed by atoms with Gasteiger partial charge in [-0.2, -0.15) is 0 Å². The lowest BCUT2D eigenvalue weighted by molar-refractivity contribution is -0.128. The predicted molar refractivity (Wildman–Crippen MR) is 65.5 cm³/mol. The molecule has 6 heteroatoms. The van der Waals surface area contributed by atoms with Gasteiger partial charge in [0.1, 0.15) is 0 Å². The lowest BCUT2D eigenvalue weighted by Gasteiger charge is -1.98. The molecule has 1 aromatic carbocycles. The average molecular weight is 254 g/mol. The molecule has 0 spiro atoms. The standard InChI is InChI=1S/C10H10N2O2S2/c1-14-12-9(13)6-15-10-11-7-4-2-3-5-8(7)16-10/h2-5H,6H2,1H3,(H,12,13). The summed E-state index contributed by atoms with van der Waals surface area (Å²) < 4.78 is 2.03. The molecule has 2 aromatic rings. The lowest BCUT2D eigenvalue weighted by atomic mass is 10.3. The third-order valence-electron chi connectivity index (χ3n) is 1.82. The van der Waals surface area contributed by atoms with Crippen LogP contribution in [0.15, 0.2) is 28.6 Å². The molecule has 0 fully saturated rings. The van der Waals surface area contributed by atoms with E-state index in [4.69, 9.17) is 0 Å². The molecule has 0 aliphatic rings. The van der Waals surface area contributed by atoms with Crippen LogP contribution in [0, 0.1) is 0 Å². The maximum atomic E-state index is 11.2. The number of rotatable bonds is 4. The van der Waals surface area contributed by atoms with Gasteiger partial charge < -0.3 is 0 Å². The second-order valence-electron chi connectivity index (χ2n) is 2.97. The quantitative estimate of drug-likeness (QED) is 0.670. The van der Waals surface area contributed by atoms with Gasteiger partial charge in [0.05, 0.1) is 23.1 Å². The van der Waals surface area contributed by atoms with Gasteiger partial charge in [0.15, 0.2) is 4.34 Å². The molecule has 0 radical (unpaired) electrons. The van der Waals surface area contributed by atoms with Crippen LogP contribution in [0.4, 0.5) is 0 Å². The van der Waals surface area contributed by atoms with E-state index in [-0.39, 0.29) is 5.91 Å². The largest absolute Gasteiger partial charge is 0.277 e. The Morgan fingerprint density at radius 3 is 3.12 bits per heavy atom. The van der Waals surface area contributed by atoms with Gasteiger partial charge >= 0.3 is 0 Å². The molecule has 1 N–H and O–H groups in total. The Kier molecular flexibility index (Phi) is 3.76. The van der Waals surface area contributed by atoms with Crippen LogP contribution in [0.2, 0.25) is 0 Å². The van der Waals surface area contributed by atoms with Crippen LogP contribution in [0.5, 0.6) is 0 Å². The van der Waals surface area contributed by atoms with Gasteiger partial charge in [-0.3, -0.25) is 9.63 Å². The monoisotopic (exact) mass is 254 g/mol. The topological polar surface area (TPSA) is 51.2 Å². The van der Waals surface area contributed by atoms with Crippen LogP contribution in [0.3, 0.4) is 0 Å². The van der Waals surface area contributed by atoms with Gasteiger partial charge in [0.25, 0.3) is 5.91 Å². The number of carbonyl (C=O) groups excluding carboxylic acids is 1. The van der Waals surface area contributed by atoms with E-state index >= 15 is 0 Å². The molecule has 16 heavy (non-hydrogen) atoms. The number of hydrogen-bond donors (Lipinski definition) is 1. The zero-order valence-corrected chi connectivity index (χ0v) is 10.2. The summed E-state index contributed by atoms with van der Waals surface area (Å²) >= 11 is 3.00. The normalized spacial score (nSPS) is 10.6. The van der Waals surface area contributed by atoms with E-state index in [1.165, 1.54) is 18.9 Å². The van der Waals surface area contributed by atoms with Crippen molar-refractivity contribution in [3.05, 3.63) is 24.3 Å². The lowest BCUT2D eigenvalue weighted by Crippen LogP contribution is -2.23. The molecule has 84 valence electrons. The van der Waals surface area contributed by atoms with Gasteiger partial charge in [-0.25, -0.2) is 10.5 Å². The molecule has 4 nitrogen and oxygen atoms in total. The first kappa shape index (κ1) is 11.4. The Bertz CT molecular complexity index is 465. The minimum atomic E-state index is -0.160. The van der Waals surface area contributed by atoms with Crippen molar-refractivity contribution in [3.63, 3.8) is 0 Å². The number of thiazole rings is 1. The second-order valence-corrected chi connectivity index (χ2v) is 5.22. The molecule has 1 aromatic heterocycles. The minimum absolute atomic E-state index is 0.160. The van der Waals surface area contributed by atoms with Gasteiger partial charge in [-0.1, -0.05) is 23.9 Å². The maximum Gasteiger partial charge on any atom is 0.253 e. The highest BCUT2D eigenvalue weighted by molar-refractivity contribution is 8.01. The van der Waals surface area contributed by atoms with E-state index in [2.05, 4.69) is 15.3 Å². The minimum Gasteiger partial charge on any atom is -0.277 e. The smallest absolute Gasteiger partial charge is 0.253 e. The van der Waals surface area contributed by atoms with Crippen molar-refractivity contribution in [1.82, 2.24) is 10.5 Å². The van der Waals surface area contributed by atoms with Crippen molar-refractivity contribution in [2.75, 3.05) is 12.9 Å². The number of hydrogen-bond acceptors (Lipinski definition) is 5. The first-order valence-corrected chi connectivity index (χ1v) is 6.40. The molecule has 1 heterocycles. The van der Waals surface area contributed by atoms with Crippen molar-refractivity contribution in [3.8, 4) is 0 Å². The van der Waals surface area contributed by atoms with E-state index in [0.717, 1.165) is 14.6 Å². The molecule has 0 saturated heterocycles. The molecule has 0 saturated carbocycles. The number of nitrogens with zero attached hydrogens (tertiary/aromatic N) is 1. The fourth-order valence-electron chi connectivity index (χ4n) is 1.18. The van der Waals surface area contributed by atoms with Crippen molar-refractivity contribution in [1.29, 1.82) is 0 Å². The highest BCUT2D eigenvalue weighted by atomic mass is 32.2. The Morgan fingerprint density at radius 1 is 1.56 bits per heavy atom. The molecule has 0 bridgehead atoms. The Balaban J connectivity index is 2.02. The zero-order chi connectivity index (χ0) is 11.4. The summed E-state index contributed by atoms with van der Waals surface area (Å²) in [5, 5.41) is 0. The highest BCUT2D eigenvalue weighted by Gasteiger charge is 2.06. The third kappa shape index (κ3) is 2.72. The molecular weight excluding hydrogens is 244 g/mol. The van der Waals surface area contributed by atoms with Crippen molar-refractivity contribution >= 4 is 39.2 Å². The molecular formula is C10H10N2O2S2. The van der Waals surface area contributed by atoms with Crippen LogP contribution in [-0.4, -0.2) is 23.8 Å². The SMILES string of the molecule is CONC(=O)CSc1nc2ccccc2s1. The van der Waals surface area contributed by atoms with E-state index in [1.54, 1.807) is 11.3 Å². The number of nitrogens with one attached hydrogen (secondary N) is 1. The molecule has 0 aliphatic heterocycles. The van der Waals surface area contributed by atoms with E-state index in [1.807, 2.05) is 24.3 Å². The predicted octanol–water partition coefficient (Wildman–Crippen LogP) is 2.07. The van der Waals surface area contributed by atoms with Gasteiger partial charge in [0, 0.05) is 0 Å². The van der Waals surface area contributed by atoms with Crippen LogP contribution in [0.1, 0.15) is 0 Å². The number of fused-ring (bicyclic) bond motifs is 1. The van der Waals surface area contributed by atoms with Crippen molar-refractivity contribution in [2.24, 2.45) is 0 Å². The van der Waals surface area contributed by atoms with Crippen molar-refractivity contribution < 1.29 is 9.63 Å². The van der Waals surface area contributed by atoms with E-state index < -0.39 is 0 Å². The fraction of sp³-hybridized carbons (Fsp3) is 0.200. The number of benzene rings is 1. The van der Waals surface area contributed by atoms with E-state index in [0.29, 0.717) is 5.75 Å². The molecule has 1 amide bonds. The van der Waals surface area contributed by atoms with Gasteiger partial charge in [-0.15, -0.1) is 11.3 Å². The first-order chi connectivity index (χ1) is 7.79. The summed E-state index contributed by atoms with van der Waals surface area (Å²) in [5.74, 6) is 0.153. The number of hydroxylamine groups is 1. The summed E-state index contributed by atoms with van der Waals surface area (Å²) in [6.07, 6.45) is 0. The Labute approximate surface area is 101 Å². The zero-order valence-electron chi connectivity index (χ0n) is 8.60. The highest BCUT2D eigenvalue weighted by Crippen LogP contribution is 2.28. The summed E-state index contributed by atoms with van der Waals surface area (Å²) in [7, 11) is 1.42. The number of carbonyl (C=O) groups is 1. The Hall–Kier alpha value is -1.11. The Morgan fingerprint density at radius 2 is 2.38 bits per heavy atom. The number of para-hydroxylation sites is 1. The average Bonchev–Trinajstić information content (AvgIpc) is 2.69. The summed E-state index contributed by atoms with van der Waals surface area (Å²) in [5.41, 5.74) is 3.24. The fourth-order valence-corrected chi connectivity index (χ4v) is 3.04. The molecule has 2 rings (SSSR count). The maximum absolute atomic E-state index is 11.2. The van der Waals surface area contributed by atoms with Gasteiger partial charge in [0.2, 0.25) is 0 Å². The van der Waals surface area contributed by atoms with Crippen LogP contribution in [0.25, 0.3) is 10.2 Å². The van der Waals surface area contributed by atoms with Gasteiger partial charge in [-0.05, 0) is 12.1 Å². The molecule has 0 unspecified atom stereocenters. The van der Waals surface area contributed by atoms with Crippen LogP contribution >= 0.6 is 23.1 Å². The number of amides is 1. The van der Waals surface area contributed by atoms with Crippen LogP contribution < -0.4 is 5.48 Å². The number of thioether (sulfide) groups is 1. The molecule has 0 atom stereocenters. The summed E-state index contributed by atoms with van der Waals surface area (Å²) in [4.78, 5) is 20.1. The second kappa shape index (κ2) is 5.29. The number of aromatic nitrogens is 1. The third-order valence-corrected chi connectivity index (χ3v) is 4.00. The van der Waals surface area contributed by atoms with Crippen molar-refractivity contribution in [2.45, 2.75) is 4.34 Å². The van der Waals surface area contributed by atoms with Crippen LogP contribution in [-0.2, 0) is 9.63 Å². The summed E-state index contributed by atoms with van der Waals surface area (Å²) in [6, 6.07) is 7.91. The summed E-state index contributed by atoms with van der Waals surface area (Å²) in [6.45, 7) is 0. The molecule has 0 aliphatic carbocycles.